The lowest BCUT2D eigenvalue weighted by molar-refractivity contribution is 0.662. The van der Waals surface area contributed by atoms with Crippen molar-refractivity contribution in [2.45, 2.75) is 32.6 Å². The number of nitrogens with zero attached hydrogens (tertiary/aromatic N) is 4. The van der Waals surface area contributed by atoms with Crippen LogP contribution in [0.15, 0.2) is 54.6 Å². The molecule has 4 aromatic rings. The van der Waals surface area contributed by atoms with Gasteiger partial charge >= 0.3 is 0 Å². The number of hydrogen-bond donors (Lipinski definition) is 1. The maximum atomic E-state index is 4.83. The van der Waals surface area contributed by atoms with Gasteiger partial charge in [-0.15, -0.1) is 5.10 Å². The highest BCUT2D eigenvalue weighted by atomic mass is 15.4. The van der Waals surface area contributed by atoms with Crippen LogP contribution in [0.4, 0.5) is 11.5 Å². The molecule has 5 rings (SSSR count). The molecule has 0 spiro atoms. The molecule has 0 aliphatic heterocycles. The summed E-state index contributed by atoms with van der Waals surface area (Å²) in [6, 6.07) is 18.5. The second kappa shape index (κ2) is 6.50. The van der Waals surface area contributed by atoms with Crippen molar-refractivity contribution in [2.24, 2.45) is 0 Å². The molecule has 0 atom stereocenters. The largest absolute Gasteiger partial charge is 0.340 e. The summed E-state index contributed by atoms with van der Waals surface area (Å²) in [5.74, 6) is 2.36. The third-order valence-electron chi connectivity index (χ3n) is 5.11. The highest BCUT2D eigenvalue weighted by molar-refractivity contribution is 5.65. The predicted octanol–water partition coefficient (Wildman–Crippen LogP) is 4.72. The first kappa shape index (κ1) is 16.0. The summed E-state index contributed by atoms with van der Waals surface area (Å²) in [7, 11) is 0. The van der Waals surface area contributed by atoms with Crippen LogP contribution in [-0.4, -0.2) is 19.6 Å². The van der Waals surface area contributed by atoms with E-state index in [1.165, 1.54) is 24.0 Å². The minimum atomic E-state index is 0.657. The molecule has 2 aromatic carbocycles. The molecule has 0 amide bonds. The first-order chi connectivity index (χ1) is 13.3. The Morgan fingerprint density at radius 1 is 0.889 bits per heavy atom. The molecule has 2 heterocycles. The number of anilines is 2. The molecule has 0 radical (unpaired) electrons. The Morgan fingerprint density at radius 2 is 1.67 bits per heavy atom. The predicted molar refractivity (Wildman–Crippen MR) is 107 cm³/mol. The highest BCUT2D eigenvalue weighted by Crippen LogP contribution is 2.30. The summed E-state index contributed by atoms with van der Waals surface area (Å²) in [5, 5.41) is 8.37. The molecule has 0 saturated carbocycles. The fraction of sp³-hybridized carbons (Fsp3) is 0.227. The Labute approximate surface area is 158 Å². The van der Waals surface area contributed by atoms with Crippen molar-refractivity contribution >= 4 is 17.3 Å². The molecule has 1 aliphatic carbocycles. The van der Waals surface area contributed by atoms with Crippen molar-refractivity contribution in [3.8, 4) is 11.4 Å². The molecule has 0 saturated heterocycles. The monoisotopic (exact) mass is 355 g/mol. The SMILES string of the molecule is Cc1ccc(-c2nc3nc4c(c(Nc5ccccc5)n3n2)CCCC4)cc1. The van der Waals surface area contributed by atoms with E-state index in [0.29, 0.717) is 11.6 Å². The van der Waals surface area contributed by atoms with Crippen molar-refractivity contribution < 1.29 is 0 Å². The molecule has 0 bridgehead atoms. The van der Waals surface area contributed by atoms with E-state index < -0.39 is 0 Å². The van der Waals surface area contributed by atoms with Gasteiger partial charge in [0.15, 0.2) is 5.82 Å². The fourth-order valence-corrected chi connectivity index (χ4v) is 3.65. The zero-order valence-electron chi connectivity index (χ0n) is 15.3. The Bertz CT molecular complexity index is 1100. The third kappa shape index (κ3) is 2.95. The number of aromatic nitrogens is 4. The second-order valence-electron chi connectivity index (χ2n) is 7.10. The summed E-state index contributed by atoms with van der Waals surface area (Å²) in [6.07, 6.45) is 4.39. The van der Waals surface area contributed by atoms with Crippen molar-refractivity contribution in [1.29, 1.82) is 0 Å². The van der Waals surface area contributed by atoms with E-state index in [1.807, 2.05) is 22.7 Å². The first-order valence-electron chi connectivity index (χ1n) is 9.45. The molecule has 2 aromatic heterocycles. The summed E-state index contributed by atoms with van der Waals surface area (Å²) >= 11 is 0. The Balaban J connectivity index is 1.68. The van der Waals surface area contributed by atoms with E-state index in [-0.39, 0.29) is 0 Å². The minimum Gasteiger partial charge on any atom is -0.340 e. The molecule has 1 aliphatic rings. The van der Waals surface area contributed by atoms with Crippen LogP contribution < -0.4 is 5.32 Å². The van der Waals surface area contributed by atoms with E-state index in [9.17, 15) is 0 Å². The number of benzene rings is 2. The average molecular weight is 355 g/mol. The van der Waals surface area contributed by atoms with Gasteiger partial charge in [0.1, 0.15) is 5.82 Å². The maximum absolute atomic E-state index is 4.83. The second-order valence-corrected chi connectivity index (χ2v) is 7.10. The van der Waals surface area contributed by atoms with Crippen LogP contribution in [0.3, 0.4) is 0 Å². The van der Waals surface area contributed by atoms with Gasteiger partial charge in [0, 0.05) is 16.8 Å². The normalized spacial score (nSPS) is 13.5. The van der Waals surface area contributed by atoms with Crippen molar-refractivity contribution in [3.05, 3.63) is 71.4 Å². The van der Waals surface area contributed by atoms with Gasteiger partial charge in [-0.3, -0.25) is 0 Å². The lowest BCUT2D eigenvalue weighted by atomic mass is 9.96. The zero-order chi connectivity index (χ0) is 18.2. The molecular weight excluding hydrogens is 334 g/mol. The van der Waals surface area contributed by atoms with Crippen molar-refractivity contribution in [2.75, 3.05) is 5.32 Å². The number of hydrogen-bond acceptors (Lipinski definition) is 4. The van der Waals surface area contributed by atoms with Gasteiger partial charge in [0.2, 0.25) is 0 Å². The van der Waals surface area contributed by atoms with Crippen LogP contribution >= 0.6 is 0 Å². The molecule has 134 valence electrons. The lowest BCUT2D eigenvalue weighted by Crippen LogP contribution is -2.13. The van der Waals surface area contributed by atoms with E-state index >= 15 is 0 Å². The number of nitrogens with one attached hydrogen (secondary N) is 1. The molecule has 1 N–H and O–H groups in total. The van der Waals surface area contributed by atoms with Crippen LogP contribution in [-0.2, 0) is 12.8 Å². The maximum Gasteiger partial charge on any atom is 0.254 e. The van der Waals surface area contributed by atoms with Crippen LogP contribution in [0.2, 0.25) is 0 Å². The fourth-order valence-electron chi connectivity index (χ4n) is 3.65. The van der Waals surface area contributed by atoms with E-state index in [4.69, 9.17) is 15.1 Å². The Morgan fingerprint density at radius 3 is 2.48 bits per heavy atom. The van der Waals surface area contributed by atoms with Crippen LogP contribution in [0.1, 0.15) is 29.7 Å². The topological polar surface area (TPSA) is 55.1 Å². The molecule has 0 fully saturated rings. The number of para-hydroxylation sites is 1. The number of rotatable bonds is 3. The number of fused-ring (bicyclic) bond motifs is 2. The van der Waals surface area contributed by atoms with E-state index in [0.717, 1.165) is 35.6 Å². The van der Waals surface area contributed by atoms with E-state index in [2.05, 4.69) is 48.6 Å². The smallest absolute Gasteiger partial charge is 0.254 e. The third-order valence-corrected chi connectivity index (χ3v) is 5.11. The minimum absolute atomic E-state index is 0.657. The van der Waals surface area contributed by atoms with Crippen LogP contribution in [0.25, 0.3) is 17.2 Å². The van der Waals surface area contributed by atoms with Gasteiger partial charge < -0.3 is 5.32 Å². The van der Waals surface area contributed by atoms with Crippen molar-refractivity contribution in [1.82, 2.24) is 19.6 Å². The molecular formula is C22H21N5. The summed E-state index contributed by atoms with van der Waals surface area (Å²) in [5.41, 5.74) is 5.69. The van der Waals surface area contributed by atoms with Gasteiger partial charge in [0.25, 0.3) is 5.78 Å². The first-order valence-corrected chi connectivity index (χ1v) is 9.45. The highest BCUT2D eigenvalue weighted by Gasteiger charge is 2.21. The Kier molecular flexibility index (Phi) is 3.85. The summed E-state index contributed by atoms with van der Waals surface area (Å²) < 4.78 is 1.87. The quantitative estimate of drug-likeness (QED) is 0.578. The van der Waals surface area contributed by atoms with Gasteiger partial charge in [-0.05, 0) is 44.7 Å². The standard InChI is InChI=1S/C22H21N5/c1-15-11-13-16(14-12-15)20-25-22-24-19-10-6-5-9-18(19)21(27(22)26-20)23-17-7-3-2-4-8-17/h2-4,7-8,11-14,23H,5-6,9-10H2,1H3. The van der Waals surface area contributed by atoms with Gasteiger partial charge in [0.05, 0.1) is 5.69 Å². The molecule has 5 nitrogen and oxygen atoms in total. The molecule has 0 unspecified atom stereocenters. The lowest BCUT2D eigenvalue weighted by Gasteiger charge is -2.19. The molecule has 5 heteroatoms. The average Bonchev–Trinajstić information content (AvgIpc) is 3.13. The van der Waals surface area contributed by atoms with Gasteiger partial charge in [-0.1, -0.05) is 48.0 Å². The Hall–Kier alpha value is -3.21. The summed E-state index contributed by atoms with van der Waals surface area (Å²) in [4.78, 5) is 9.55. The van der Waals surface area contributed by atoms with Crippen molar-refractivity contribution in [3.63, 3.8) is 0 Å². The number of aryl methyl sites for hydroxylation is 2. The van der Waals surface area contributed by atoms with Gasteiger partial charge in [-0.25, -0.2) is 4.98 Å². The molecule has 27 heavy (non-hydrogen) atoms. The van der Waals surface area contributed by atoms with Crippen LogP contribution in [0, 0.1) is 6.92 Å². The van der Waals surface area contributed by atoms with Crippen LogP contribution in [0.5, 0.6) is 0 Å². The van der Waals surface area contributed by atoms with Gasteiger partial charge in [-0.2, -0.15) is 9.50 Å². The summed E-state index contributed by atoms with van der Waals surface area (Å²) in [6.45, 7) is 2.08. The zero-order valence-corrected chi connectivity index (χ0v) is 15.3. The van der Waals surface area contributed by atoms with E-state index in [1.54, 1.807) is 0 Å².